The summed E-state index contributed by atoms with van der Waals surface area (Å²) in [5, 5.41) is 21.9. The van der Waals surface area contributed by atoms with Gasteiger partial charge in [-0.25, -0.2) is 23.5 Å². The van der Waals surface area contributed by atoms with Crippen molar-refractivity contribution in [2.75, 3.05) is 37.7 Å². The molecule has 1 fully saturated rings. The average molecular weight is 864 g/mol. The summed E-state index contributed by atoms with van der Waals surface area (Å²) in [4.78, 5) is 52.2. The summed E-state index contributed by atoms with van der Waals surface area (Å²) < 4.78 is 49.7. The van der Waals surface area contributed by atoms with Crippen LogP contribution in [0.4, 0.5) is 14.5 Å². The minimum atomic E-state index is -1.54. The highest BCUT2D eigenvalue weighted by atomic mass is 35.5. The Hall–Kier alpha value is -6.58. The Morgan fingerprint density at radius 2 is 1.85 bits per heavy atom. The maximum atomic E-state index is 16.1. The SMILES string of the molecule is C=C(COc1ccc2nc3c(c(CC)c2c1)Cn1c-3cc2c(c1=O)COC(=O)C2O)C(=O)N1CCN2c3c(cnc4c(F)c(-c5c(O)cccc5F)c(Cl)cc34)OCC2C1.CC. The average Bonchev–Trinajstić information content (AvgIpc) is 3.65. The number of phenolic OH excluding ortho intramolecular Hbond substituents is 1. The number of anilines is 1. The van der Waals surface area contributed by atoms with Crippen molar-refractivity contribution >= 4 is 51.0 Å². The van der Waals surface area contributed by atoms with Crippen LogP contribution in [-0.2, 0) is 33.9 Å². The Morgan fingerprint density at radius 1 is 1.05 bits per heavy atom. The number of ether oxygens (including phenoxy) is 3. The maximum Gasteiger partial charge on any atom is 0.340 e. The number of halogens is 3. The fourth-order valence-electron chi connectivity index (χ4n) is 8.92. The number of pyridine rings is 3. The van der Waals surface area contributed by atoms with Gasteiger partial charge in [0.05, 0.1) is 57.5 Å². The second-order valence-corrected chi connectivity index (χ2v) is 15.6. The molecule has 62 heavy (non-hydrogen) atoms. The van der Waals surface area contributed by atoms with Gasteiger partial charge in [0.2, 0.25) is 0 Å². The second kappa shape index (κ2) is 15.7. The second-order valence-electron chi connectivity index (χ2n) is 15.2. The Kier molecular flexibility index (Phi) is 10.3. The van der Waals surface area contributed by atoms with E-state index in [4.69, 9.17) is 30.8 Å². The van der Waals surface area contributed by atoms with Gasteiger partial charge in [-0.15, -0.1) is 0 Å². The molecule has 3 aromatic carbocycles. The van der Waals surface area contributed by atoms with E-state index in [1.807, 2.05) is 37.8 Å². The number of phenols is 1. The van der Waals surface area contributed by atoms with E-state index in [0.29, 0.717) is 59.0 Å². The summed E-state index contributed by atoms with van der Waals surface area (Å²) >= 11 is 6.58. The molecule has 16 heteroatoms. The van der Waals surface area contributed by atoms with Crippen LogP contribution in [-0.4, -0.2) is 80.4 Å². The molecule has 2 unspecified atom stereocenters. The van der Waals surface area contributed by atoms with Crippen molar-refractivity contribution in [2.45, 2.75) is 52.5 Å². The fraction of sp³-hybridized carbons (Fsp3) is 0.283. The van der Waals surface area contributed by atoms with Gasteiger partial charge in [-0.3, -0.25) is 9.59 Å². The lowest BCUT2D eigenvalue weighted by molar-refractivity contribution is -0.157. The lowest BCUT2D eigenvalue weighted by atomic mass is 9.97. The standard InChI is InChI=1S/C44H34ClF2N5O8.C2H6/c1-3-23-24-11-22(7-8-31(24)49-38-27(23)16-52-32(38)13-25-28(43(52)56)19-60-44(57)41(25)54)58-17-20(2)42(55)50-9-10-51-21(15-50)18-59-34-14-48-39-26(40(34)51)12-29(45)35(37(39)47)36-30(46)5-4-6-33(36)53;1-2/h4-8,11-14,21,41,53-54H,2-3,9-10,15-19H2,1H3;1-2H3. The number of amides is 1. The van der Waals surface area contributed by atoms with Crippen LogP contribution in [0.15, 0.2) is 71.7 Å². The molecule has 0 aliphatic carbocycles. The summed E-state index contributed by atoms with van der Waals surface area (Å²) in [6.07, 6.45) is 0.489. The van der Waals surface area contributed by atoms with E-state index in [-0.39, 0.29) is 88.8 Å². The van der Waals surface area contributed by atoms with Gasteiger partial charge in [0.1, 0.15) is 42.7 Å². The topological polar surface area (TPSA) is 157 Å². The lowest BCUT2D eigenvalue weighted by Crippen LogP contribution is -2.58. The normalized spacial score (nSPS) is 17.2. The molecule has 13 nitrogen and oxygen atoms in total. The van der Waals surface area contributed by atoms with Crippen LogP contribution in [0.2, 0.25) is 5.02 Å². The summed E-state index contributed by atoms with van der Waals surface area (Å²) in [5.41, 5.74) is 3.85. The van der Waals surface area contributed by atoms with Gasteiger partial charge >= 0.3 is 5.97 Å². The molecule has 7 heterocycles. The zero-order valence-electron chi connectivity index (χ0n) is 33.9. The first-order valence-corrected chi connectivity index (χ1v) is 20.7. The number of fused-ring (bicyclic) bond motifs is 10. The number of esters is 1. The minimum Gasteiger partial charge on any atom is -0.507 e. The molecular formula is C46H40ClF2N5O8. The molecule has 1 amide bonds. The van der Waals surface area contributed by atoms with Crippen LogP contribution in [0.3, 0.4) is 0 Å². The number of aliphatic hydroxyl groups is 1. The van der Waals surface area contributed by atoms with E-state index >= 15 is 4.39 Å². The number of aryl methyl sites for hydroxylation is 1. The number of carbonyl (C=O) groups excluding carboxylic acids is 2. The first-order valence-electron chi connectivity index (χ1n) is 20.3. The van der Waals surface area contributed by atoms with Crippen molar-refractivity contribution in [1.82, 2.24) is 19.4 Å². The van der Waals surface area contributed by atoms with Gasteiger partial charge < -0.3 is 38.8 Å². The van der Waals surface area contributed by atoms with Gasteiger partial charge in [0.15, 0.2) is 17.7 Å². The van der Waals surface area contributed by atoms with Crippen molar-refractivity contribution in [1.29, 1.82) is 0 Å². The van der Waals surface area contributed by atoms with E-state index < -0.39 is 29.5 Å². The highest BCUT2D eigenvalue weighted by Crippen LogP contribution is 2.47. The summed E-state index contributed by atoms with van der Waals surface area (Å²) in [6.45, 7) is 11.2. The number of aliphatic hydroxyl groups excluding tert-OH is 1. The van der Waals surface area contributed by atoms with Crippen LogP contribution < -0.4 is 19.9 Å². The number of hydrogen-bond donors (Lipinski definition) is 2. The number of hydrogen-bond acceptors (Lipinski definition) is 11. The molecule has 2 N–H and O–H groups in total. The predicted molar refractivity (Wildman–Crippen MR) is 228 cm³/mol. The van der Waals surface area contributed by atoms with Crippen molar-refractivity contribution in [3.05, 3.63) is 116 Å². The van der Waals surface area contributed by atoms with E-state index in [9.17, 15) is 29.0 Å². The van der Waals surface area contributed by atoms with Gasteiger partial charge in [0.25, 0.3) is 11.5 Å². The highest BCUT2D eigenvalue weighted by Gasteiger charge is 2.38. The van der Waals surface area contributed by atoms with Crippen LogP contribution in [0.5, 0.6) is 17.2 Å². The molecule has 2 atom stereocenters. The number of rotatable bonds is 6. The summed E-state index contributed by atoms with van der Waals surface area (Å²) in [5.74, 6) is -2.35. The Bertz CT molecular complexity index is 2960. The molecule has 0 radical (unpaired) electrons. The van der Waals surface area contributed by atoms with Crippen molar-refractivity contribution < 1.29 is 42.8 Å². The number of benzene rings is 3. The largest absolute Gasteiger partial charge is 0.507 e. The third-order valence-electron chi connectivity index (χ3n) is 11.8. The number of aromatic hydroxyl groups is 1. The molecule has 1 saturated heterocycles. The molecule has 4 aliphatic heterocycles. The quantitative estimate of drug-likeness (QED) is 0.131. The Balaban J connectivity index is 0.00000242. The van der Waals surface area contributed by atoms with Gasteiger partial charge in [-0.05, 0) is 54.4 Å². The third kappa shape index (κ3) is 6.40. The first-order chi connectivity index (χ1) is 29.9. The third-order valence-corrected chi connectivity index (χ3v) is 12.1. The Labute approximate surface area is 358 Å². The molecule has 318 valence electrons. The molecular weight excluding hydrogens is 824 g/mol. The van der Waals surface area contributed by atoms with E-state index in [2.05, 4.69) is 11.6 Å². The van der Waals surface area contributed by atoms with Crippen LogP contribution in [0.1, 0.15) is 49.1 Å². The Morgan fingerprint density at radius 3 is 2.63 bits per heavy atom. The minimum absolute atomic E-state index is 0.0713. The molecule has 6 aromatic rings. The number of nitrogens with zero attached hydrogens (tertiary/aromatic N) is 5. The van der Waals surface area contributed by atoms with Crippen molar-refractivity contribution in [3.63, 3.8) is 0 Å². The number of cyclic esters (lactones) is 1. The smallest absolute Gasteiger partial charge is 0.340 e. The highest BCUT2D eigenvalue weighted by molar-refractivity contribution is 6.34. The summed E-state index contributed by atoms with van der Waals surface area (Å²) in [7, 11) is 0. The monoisotopic (exact) mass is 863 g/mol. The van der Waals surface area contributed by atoms with Crippen LogP contribution >= 0.6 is 11.6 Å². The van der Waals surface area contributed by atoms with Crippen molar-refractivity contribution in [2.24, 2.45) is 0 Å². The first kappa shape index (κ1) is 40.8. The van der Waals surface area contributed by atoms with Gasteiger partial charge in [-0.1, -0.05) is 45.0 Å². The van der Waals surface area contributed by atoms with Crippen molar-refractivity contribution in [3.8, 4) is 39.8 Å². The van der Waals surface area contributed by atoms with E-state index in [1.165, 1.54) is 24.4 Å². The molecule has 10 rings (SSSR count). The maximum absolute atomic E-state index is 16.1. The number of carbonyl (C=O) groups is 2. The molecule has 3 aromatic heterocycles. The molecule has 0 saturated carbocycles. The van der Waals surface area contributed by atoms with Crippen LogP contribution in [0, 0.1) is 11.6 Å². The number of aromatic nitrogens is 3. The molecule has 0 spiro atoms. The van der Waals surface area contributed by atoms with E-state index in [0.717, 1.165) is 22.6 Å². The zero-order valence-corrected chi connectivity index (χ0v) is 34.7. The molecule has 4 aliphatic rings. The number of piperazine rings is 1. The fourth-order valence-corrected chi connectivity index (χ4v) is 9.21. The molecule has 0 bridgehead atoms. The zero-order chi connectivity index (χ0) is 43.7. The van der Waals surface area contributed by atoms with E-state index in [1.54, 1.807) is 21.6 Å². The van der Waals surface area contributed by atoms with Crippen LogP contribution in [0.25, 0.3) is 44.3 Å². The summed E-state index contributed by atoms with van der Waals surface area (Å²) in [6, 6.07) is 11.9. The van der Waals surface area contributed by atoms with Gasteiger partial charge in [-0.2, -0.15) is 0 Å². The van der Waals surface area contributed by atoms with Gasteiger partial charge in [0, 0.05) is 52.7 Å². The predicted octanol–water partition coefficient (Wildman–Crippen LogP) is 7.00. The lowest BCUT2D eigenvalue weighted by Gasteiger charge is -2.46.